The van der Waals surface area contributed by atoms with Crippen molar-refractivity contribution in [1.29, 1.82) is 0 Å². The standard InChI is InChI=1S/C15H15N3O2/c1-18(11-13-6-8-16-9-7-13)14-4-2-12(10-17-14)3-5-15(19)20/h2-10H,11H2,1H3,(H,19,20)/b5-3+. The highest BCUT2D eigenvalue weighted by atomic mass is 16.4. The van der Waals surface area contributed by atoms with Gasteiger partial charge in [-0.2, -0.15) is 0 Å². The molecular formula is C15H15N3O2. The summed E-state index contributed by atoms with van der Waals surface area (Å²) < 4.78 is 0. The lowest BCUT2D eigenvalue weighted by molar-refractivity contribution is -0.131. The third-order valence-electron chi connectivity index (χ3n) is 2.75. The van der Waals surface area contributed by atoms with E-state index in [1.165, 1.54) is 6.08 Å². The zero-order valence-electron chi connectivity index (χ0n) is 11.1. The average molecular weight is 269 g/mol. The molecule has 0 aliphatic carbocycles. The average Bonchev–Trinajstić information content (AvgIpc) is 2.46. The first-order valence-electron chi connectivity index (χ1n) is 6.12. The normalized spacial score (nSPS) is 10.7. The second-order valence-corrected chi connectivity index (χ2v) is 4.33. The van der Waals surface area contributed by atoms with Crippen LogP contribution in [0.5, 0.6) is 0 Å². The van der Waals surface area contributed by atoms with Gasteiger partial charge < -0.3 is 10.0 Å². The smallest absolute Gasteiger partial charge is 0.328 e. The number of anilines is 1. The van der Waals surface area contributed by atoms with E-state index in [4.69, 9.17) is 5.11 Å². The van der Waals surface area contributed by atoms with E-state index in [1.807, 2.05) is 36.2 Å². The highest BCUT2D eigenvalue weighted by Crippen LogP contribution is 2.13. The van der Waals surface area contributed by atoms with Crippen molar-refractivity contribution in [2.24, 2.45) is 0 Å². The van der Waals surface area contributed by atoms with Crippen molar-refractivity contribution in [2.75, 3.05) is 11.9 Å². The van der Waals surface area contributed by atoms with Crippen LogP contribution in [0.4, 0.5) is 5.82 Å². The number of aromatic nitrogens is 2. The summed E-state index contributed by atoms with van der Waals surface area (Å²) in [5.74, 6) is -0.141. The van der Waals surface area contributed by atoms with Gasteiger partial charge in [0.25, 0.3) is 0 Å². The highest BCUT2D eigenvalue weighted by Gasteiger charge is 2.03. The molecule has 0 aliphatic rings. The molecule has 2 aromatic heterocycles. The molecule has 0 spiro atoms. The Bertz CT molecular complexity index is 594. The van der Waals surface area contributed by atoms with Crippen LogP contribution in [0, 0.1) is 0 Å². The number of rotatable bonds is 5. The highest BCUT2D eigenvalue weighted by molar-refractivity contribution is 5.85. The van der Waals surface area contributed by atoms with Gasteiger partial charge in [-0.05, 0) is 41.5 Å². The van der Waals surface area contributed by atoms with E-state index in [0.29, 0.717) is 0 Å². The van der Waals surface area contributed by atoms with Gasteiger partial charge in [0, 0.05) is 38.3 Å². The van der Waals surface area contributed by atoms with Crippen molar-refractivity contribution in [3.05, 3.63) is 60.1 Å². The molecule has 5 nitrogen and oxygen atoms in total. The lowest BCUT2D eigenvalue weighted by Gasteiger charge is -2.18. The molecule has 1 N–H and O–H groups in total. The second-order valence-electron chi connectivity index (χ2n) is 4.33. The Morgan fingerprint density at radius 3 is 2.65 bits per heavy atom. The van der Waals surface area contributed by atoms with Gasteiger partial charge in [-0.3, -0.25) is 4.98 Å². The Morgan fingerprint density at radius 1 is 1.30 bits per heavy atom. The third kappa shape index (κ3) is 3.91. The van der Waals surface area contributed by atoms with Crippen molar-refractivity contribution in [3.63, 3.8) is 0 Å². The first-order chi connectivity index (χ1) is 9.65. The van der Waals surface area contributed by atoms with E-state index < -0.39 is 5.97 Å². The van der Waals surface area contributed by atoms with Gasteiger partial charge in [-0.1, -0.05) is 0 Å². The Hall–Kier alpha value is -2.69. The maximum absolute atomic E-state index is 10.4. The minimum atomic E-state index is -0.969. The summed E-state index contributed by atoms with van der Waals surface area (Å²) in [5, 5.41) is 8.56. The molecule has 2 heterocycles. The molecule has 0 fully saturated rings. The number of hydrogen-bond donors (Lipinski definition) is 1. The topological polar surface area (TPSA) is 66.3 Å². The van der Waals surface area contributed by atoms with E-state index in [2.05, 4.69) is 9.97 Å². The van der Waals surface area contributed by atoms with Crippen LogP contribution in [0.25, 0.3) is 6.08 Å². The number of nitrogens with zero attached hydrogens (tertiary/aromatic N) is 3. The molecule has 0 amide bonds. The van der Waals surface area contributed by atoms with E-state index in [0.717, 1.165) is 29.6 Å². The van der Waals surface area contributed by atoms with E-state index in [-0.39, 0.29) is 0 Å². The number of carboxylic acid groups (broad SMARTS) is 1. The van der Waals surface area contributed by atoms with Gasteiger partial charge in [0.1, 0.15) is 5.82 Å². The van der Waals surface area contributed by atoms with Gasteiger partial charge in [0.2, 0.25) is 0 Å². The van der Waals surface area contributed by atoms with Crippen molar-refractivity contribution >= 4 is 17.9 Å². The van der Waals surface area contributed by atoms with Gasteiger partial charge in [-0.25, -0.2) is 9.78 Å². The third-order valence-corrected chi connectivity index (χ3v) is 2.75. The SMILES string of the molecule is CN(Cc1ccncc1)c1ccc(/C=C/C(=O)O)cn1. The van der Waals surface area contributed by atoms with Gasteiger partial charge in [0.05, 0.1) is 0 Å². The van der Waals surface area contributed by atoms with E-state index in [9.17, 15) is 4.79 Å². The second kappa shape index (κ2) is 6.47. The van der Waals surface area contributed by atoms with Gasteiger partial charge in [-0.15, -0.1) is 0 Å². The molecule has 0 saturated heterocycles. The van der Waals surface area contributed by atoms with Crippen molar-refractivity contribution in [3.8, 4) is 0 Å². The number of pyridine rings is 2. The Kier molecular flexibility index (Phi) is 4.44. The van der Waals surface area contributed by atoms with Crippen molar-refractivity contribution in [1.82, 2.24) is 9.97 Å². The van der Waals surface area contributed by atoms with Crippen LogP contribution >= 0.6 is 0 Å². The van der Waals surface area contributed by atoms with Crippen molar-refractivity contribution in [2.45, 2.75) is 6.54 Å². The lowest BCUT2D eigenvalue weighted by atomic mass is 10.2. The number of carbonyl (C=O) groups is 1. The molecule has 0 bridgehead atoms. The quantitative estimate of drug-likeness (QED) is 0.843. The fourth-order valence-corrected chi connectivity index (χ4v) is 1.73. The first kappa shape index (κ1) is 13.7. The molecule has 102 valence electrons. The van der Waals surface area contributed by atoms with E-state index >= 15 is 0 Å². The fraction of sp³-hybridized carbons (Fsp3) is 0.133. The summed E-state index contributed by atoms with van der Waals surface area (Å²) in [7, 11) is 1.95. The molecule has 2 aromatic rings. The Morgan fingerprint density at radius 2 is 2.05 bits per heavy atom. The maximum Gasteiger partial charge on any atom is 0.328 e. The predicted octanol–water partition coefficient (Wildman–Crippen LogP) is 2.21. The van der Waals surface area contributed by atoms with Gasteiger partial charge >= 0.3 is 5.97 Å². The monoisotopic (exact) mass is 269 g/mol. The molecule has 0 atom stereocenters. The molecule has 0 saturated carbocycles. The molecule has 0 aliphatic heterocycles. The maximum atomic E-state index is 10.4. The van der Waals surface area contributed by atoms with Crippen LogP contribution in [0.15, 0.2) is 48.9 Å². The Labute approximate surface area is 117 Å². The molecular weight excluding hydrogens is 254 g/mol. The van der Waals surface area contributed by atoms with Crippen LogP contribution < -0.4 is 4.90 Å². The summed E-state index contributed by atoms with van der Waals surface area (Å²) in [6.07, 6.45) is 7.78. The largest absolute Gasteiger partial charge is 0.478 e. The van der Waals surface area contributed by atoms with Crippen LogP contribution in [-0.2, 0) is 11.3 Å². The predicted molar refractivity (Wildman–Crippen MR) is 77.3 cm³/mol. The first-order valence-corrected chi connectivity index (χ1v) is 6.12. The van der Waals surface area contributed by atoms with Gasteiger partial charge in [0.15, 0.2) is 0 Å². The molecule has 0 unspecified atom stereocenters. The fourth-order valence-electron chi connectivity index (χ4n) is 1.73. The van der Waals surface area contributed by atoms with E-state index in [1.54, 1.807) is 18.6 Å². The Balaban J connectivity index is 2.04. The number of aliphatic carboxylic acids is 1. The molecule has 2 rings (SSSR count). The molecule has 0 radical (unpaired) electrons. The van der Waals surface area contributed by atoms with Crippen LogP contribution in [0.1, 0.15) is 11.1 Å². The van der Waals surface area contributed by atoms with Crippen LogP contribution in [0.3, 0.4) is 0 Å². The molecule has 0 aromatic carbocycles. The number of carboxylic acids is 1. The molecule has 20 heavy (non-hydrogen) atoms. The zero-order valence-corrected chi connectivity index (χ0v) is 11.1. The lowest BCUT2D eigenvalue weighted by Crippen LogP contribution is -2.17. The molecule has 5 heteroatoms. The summed E-state index contributed by atoms with van der Waals surface area (Å²) in [5.41, 5.74) is 1.91. The summed E-state index contributed by atoms with van der Waals surface area (Å²) in [6.45, 7) is 0.736. The summed E-state index contributed by atoms with van der Waals surface area (Å²) in [6, 6.07) is 7.62. The minimum absolute atomic E-state index is 0.736. The van der Waals surface area contributed by atoms with Crippen LogP contribution in [-0.4, -0.2) is 28.1 Å². The zero-order chi connectivity index (χ0) is 14.4. The minimum Gasteiger partial charge on any atom is -0.478 e. The van der Waals surface area contributed by atoms with Crippen LogP contribution in [0.2, 0.25) is 0 Å². The number of hydrogen-bond acceptors (Lipinski definition) is 4. The summed E-state index contributed by atoms with van der Waals surface area (Å²) in [4.78, 5) is 20.7. The summed E-state index contributed by atoms with van der Waals surface area (Å²) >= 11 is 0. The van der Waals surface area contributed by atoms with Crippen molar-refractivity contribution < 1.29 is 9.90 Å².